The molecule has 0 aromatic heterocycles. The lowest BCUT2D eigenvalue weighted by atomic mass is 10.0. The Morgan fingerprint density at radius 1 is 1.05 bits per heavy atom. The molecular formula is C14H8F4O2. The SMILES string of the molecule is O=C(c1cccc(OC(F)F)c1)c1cc(F)ccc1F. The first-order chi connectivity index (χ1) is 9.47. The summed E-state index contributed by atoms with van der Waals surface area (Å²) >= 11 is 0. The Labute approximate surface area is 111 Å². The molecule has 2 aromatic carbocycles. The number of rotatable bonds is 4. The maximum atomic E-state index is 13.5. The van der Waals surface area contributed by atoms with Crippen molar-refractivity contribution in [2.75, 3.05) is 0 Å². The molecule has 0 aliphatic rings. The topological polar surface area (TPSA) is 26.3 Å². The van der Waals surface area contributed by atoms with Gasteiger partial charge in [0.05, 0.1) is 5.56 Å². The average molecular weight is 284 g/mol. The molecule has 0 saturated carbocycles. The van der Waals surface area contributed by atoms with Crippen LogP contribution in [0.15, 0.2) is 42.5 Å². The van der Waals surface area contributed by atoms with Gasteiger partial charge in [-0.15, -0.1) is 0 Å². The molecule has 0 atom stereocenters. The summed E-state index contributed by atoms with van der Waals surface area (Å²) in [7, 11) is 0. The Morgan fingerprint density at radius 2 is 1.80 bits per heavy atom. The third-order valence-electron chi connectivity index (χ3n) is 2.49. The van der Waals surface area contributed by atoms with Crippen LogP contribution in [0, 0.1) is 11.6 Å². The van der Waals surface area contributed by atoms with Gasteiger partial charge in [-0.1, -0.05) is 12.1 Å². The van der Waals surface area contributed by atoms with Gasteiger partial charge in [0.15, 0.2) is 5.78 Å². The van der Waals surface area contributed by atoms with E-state index in [9.17, 15) is 22.4 Å². The zero-order valence-corrected chi connectivity index (χ0v) is 9.95. The minimum atomic E-state index is -3.04. The second-order valence-electron chi connectivity index (χ2n) is 3.86. The molecule has 0 unspecified atom stereocenters. The summed E-state index contributed by atoms with van der Waals surface area (Å²) in [5.41, 5.74) is -0.549. The highest BCUT2D eigenvalue weighted by Crippen LogP contribution is 2.20. The van der Waals surface area contributed by atoms with Crippen LogP contribution in [0.1, 0.15) is 15.9 Å². The fourth-order valence-electron chi connectivity index (χ4n) is 1.64. The van der Waals surface area contributed by atoms with Crippen LogP contribution in [0.2, 0.25) is 0 Å². The van der Waals surface area contributed by atoms with E-state index in [1.807, 2.05) is 0 Å². The van der Waals surface area contributed by atoms with Crippen LogP contribution in [0.25, 0.3) is 0 Å². The van der Waals surface area contributed by atoms with Gasteiger partial charge in [-0.05, 0) is 30.3 Å². The first-order valence-electron chi connectivity index (χ1n) is 5.52. The van der Waals surface area contributed by atoms with E-state index >= 15 is 0 Å². The highest BCUT2D eigenvalue weighted by Gasteiger charge is 2.16. The van der Waals surface area contributed by atoms with E-state index in [4.69, 9.17) is 0 Å². The predicted octanol–water partition coefficient (Wildman–Crippen LogP) is 3.80. The van der Waals surface area contributed by atoms with Crippen LogP contribution in [0.5, 0.6) is 5.75 Å². The average Bonchev–Trinajstić information content (AvgIpc) is 2.40. The smallest absolute Gasteiger partial charge is 0.387 e. The fraction of sp³-hybridized carbons (Fsp3) is 0.0714. The van der Waals surface area contributed by atoms with Crippen molar-refractivity contribution in [2.45, 2.75) is 6.61 Å². The van der Waals surface area contributed by atoms with E-state index in [2.05, 4.69) is 4.74 Å². The van der Waals surface area contributed by atoms with E-state index in [1.165, 1.54) is 18.2 Å². The standard InChI is InChI=1S/C14H8F4O2/c15-9-4-5-12(16)11(7-9)13(19)8-2-1-3-10(6-8)20-14(17)18/h1-7,14H. The molecule has 0 aliphatic carbocycles. The zero-order chi connectivity index (χ0) is 14.7. The molecule has 0 spiro atoms. The number of halogens is 4. The monoisotopic (exact) mass is 284 g/mol. The summed E-state index contributed by atoms with van der Waals surface area (Å²) in [5.74, 6) is -2.71. The second-order valence-corrected chi connectivity index (χ2v) is 3.86. The number of benzene rings is 2. The minimum Gasteiger partial charge on any atom is -0.435 e. The third kappa shape index (κ3) is 3.14. The van der Waals surface area contributed by atoms with Gasteiger partial charge in [0.2, 0.25) is 0 Å². The van der Waals surface area contributed by atoms with Crippen LogP contribution in [0.3, 0.4) is 0 Å². The number of carbonyl (C=O) groups excluding carboxylic acids is 1. The molecule has 104 valence electrons. The summed E-state index contributed by atoms with van der Waals surface area (Å²) in [6.07, 6.45) is 0. The maximum absolute atomic E-state index is 13.5. The van der Waals surface area contributed by atoms with Crippen molar-refractivity contribution < 1.29 is 27.1 Å². The molecular weight excluding hydrogens is 276 g/mol. The van der Waals surface area contributed by atoms with Gasteiger partial charge < -0.3 is 4.74 Å². The van der Waals surface area contributed by atoms with E-state index in [-0.39, 0.29) is 11.3 Å². The molecule has 0 bridgehead atoms. The Morgan fingerprint density at radius 3 is 2.50 bits per heavy atom. The third-order valence-corrected chi connectivity index (χ3v) is 2.49. The highest BCUT2D eigenvalue weighted by molar-refractivity contribution is 6.09. The number of hydrogen-bond donors (Lipinski definition) is 0. The van der Waals surface area contributed by atoms with Crippen molar-refractivity contribution in [1.82, 2.24) is 0 Å². The Hall–Kier alpha value is -2.37. The normalized spacial score (nSPS) is 10.7. The second kappa shape index (κ2) is 5.73. The van der Waals surface area contributed by atoms with E-state index in [0.29, 0.717) is 0 Å². The molecule has 20 heavy (non-hydrogen) atoms. The molecule has 0 amide bonds. The first-order valence-corrected chi connectivity index (χ1v) is 5.52. The number of hydrogen-bond acceptors (Lipinski definition) is 2. The van der Waals surface area contributed by atoms with Gasteiger partial charge in [0.25, 0.3) is 0 Å². The summed E-state index contributed by atoms with van der Waals surface area (Å²) in [4.78, 5) is 12.0. The van der Waals surface area contributed by atoms with Gasteiger partial charge in [0, 0.05) is 5.56 Å². The summed E-state index contributed by atoms with van der Waals surface area (Å²) < 4.78 is 54.8. The quantitative estimate of drug-likeness (QED) is 0.630. The lowest BCUT2D eigenvalue weighted by molar-refractivity contribution is -0.0498. The molecule has 0 saturated heterocycles. The first kappa shape index (κ1) is 14.0. The summed E-state index contributed by atoms with van der Waals surface area (Å²) in [5, 5.41) is 0. The fourth-order valence-corrected chi connectivity index (χ4v) is 1.64. The van der Waals surface area contributed by atoms with Crippen molar-refractivity contribution in [2.24, 2.45) is 0 Å². The molecule has 6 heteroatoms. The number of ketones is 1. The maximum Gasteiger partial charge on any atom is 0.387 e. The van der Waals surface area contributed by atoms with Crippen molar-refractivity contribution >= 4 is 5.78 Å². The lowest BCUT2D eigenvalue weighted by Gasteiger charge is -2.07. The predicted molar refractivity (Wildman–Crippen MR) is 62.9 cm³/mol. The van der Waals surface area contributed by atoms with Crippen LogP contribution in [-0.2, 0) is 0 Å². The Balaban J connectivity index is 2.35. The van der Waals surface area contributed by atoms with Gasteiger partial charge in [-0.25, -0.2) is 8.78 Å². The van der Waals surface area contributed by atoms with Crippen LogP contribution >= 0.6 is 0 Å². The molecule has 0 heterocycles. The zero-order valence-electron chi connectivity index (χ0n) is 9.95. The summed E-state index contributed by atoms with van der Waals surface area (Å²) in [6.45, 7) is -3.04. The van der Waals surface area contributed by atoms with E-state index in [0.717, 1.165) is 24.3 Å². The van der Waals surface area contributed by atoms with Crippen molar-refractivity contribution in [1.29, 1.82) is 0 Å². The van der Waals surface area contributed by atoms with Crippen LogP contribution in [-0.4, -0.2) is 12.4 Å². The molecule has 0 fully saturated rings. The molecule has 0 radical (unpaired) electrons. The van der Waals surface area contributed by atoms with Gasteiger partial charge in [-0.3, -0.25) is 4.79 Å². The van der Waals surface area contributed by atoms with E-state index in [1.54, 1.807) is 0 Å². The van der Waals surface area contributed by atoms with Crippen LogP contribution in [0.4, 0.5) is 17.6 Å². The summed E-state index contributed by atoms with van der Waals surface area (Å²) in [6, 6.07) is 7.32. The van der Waals surface area contributed by atoms with Gasteiger partial charge in [-0.2, -0.15) is 8.78 Å². The Kier molecular flexibility index (Phi) is 4.02. The molecule has 0 N–H and O–H groups in total. The van der Waals surface area contributed by atoms with Crippen molar-refractivity contribution in [3.05, 3.63) is 65.2 Å². The van der Waals surface area contributed by atoms with Crippen molar-refractivity contribution in [3.8, 4) is 5.75 Å². The van der Waals surface area contributed by atoms with Crippen LogP contribution < -0.4 is 4.74 Å². The molecule has 2 aromatic rings. The minimum absolute atomic E-state index is 0.0763. The number of alkyl halides is 2. The Bertz CT molecular complexity index is 641. The number of carbonyl (C=O) groups is 1. The molecule has 2 nitrogen and oxygen atoms in total. The van der Waals surface area contributed by atoms with E-state index < -0.39 is 29.6 Å². The molecule has 2 rings (SSSR count). The molecule has 0 aliphatic heterocycles. The van der Waals surface area contributed by atoms with Gasteiger partial charge in [0.1, 0.15) is 17.4 Å². The highest BCUT2D eigenvalue weighted by atomic mass is 19.3. The largest absolute Gasteiger partial charge is 0.435 e. The van der Waals surface area contributed by atoms with Crippen molar-refractivity contribution in [3.63, 3.8) is 0 Å². The number of ether oxygens (including phenoxy) is 1. The van der Waals surface area contributed by atoms with Gasteiger partial charge >= 0.3 is 6.61 Å². The lowest BCUT2D eigenvalue weighted by Crippen LogP contribution is -2.07.